The van der Waals surface area contributed by atoms with Crippen LogP contribution < -0.4 is 5.32 Å². The third-order valence-corrected chi connectivity index (χ3v) is 2.60. The number of hydrogen-bond donors (Lipinski definition) is 1. The first kappa shape index (κ1) is 14.4. The molecule has 0 spiro atoms. The molecular weight excluding hydrogens is 240 g/mol. The summed E-state index contributed by atoms with van der Waals surface area (Å²) in [6, 6.07) is 0. The van der Waals surface area contributed by atoms with Gasteiger partial charge in [-0.1, -0.05) is 0 Å². The van der Waals surface area contributed by atoms with Crippen LogP contribution in [0.15, 0.2) is 0 Å². The molecule has 0 aromatic carbocycles. The molecule has 1 rings (SSSR count). The van der Waals surface area contributed by atoms with Gasteiger partial charge in [0.15, 0.2) is 6.10 Å². The Hall–Kier alpha value is -1.63. The zero-order chi connectivity index (χ0) is 13.5. The lowest BCUT2D eigenvalue weighted by Gasteiger charge is -2.31. The zero-order valence-electron chi connectivity index (χ0n) is 10.6. The predicted octanol–water partition coefficient (Wildman–Crippen LogP) is -1.09. The Morgan fingerprint density at radius 3 is 2.78 bits per heavy atom. The first-order valence-electron chi connectivity index (χ1n) is 5.76. The molecule has 0 bridgehead atoms. The number of amides is 2. The van der Waals surface area contributed by atoms with Gasteiger partial charge in [0.1, 0.15) is 0 Å². The van der Waals surface area contributed by atoms with Crippen LogP contribution in [0.25, 0.3) is 0 Å². The van der Waals surface area contributed by atoms with E-state index in [0.717, 1.165) is 0 Å². The standard InChI is InChI=1S/C11H18N2O5/c1-8(14)12-4-3-10(15)13-5-6-18-9(7-13)11(16)17-2/h9H,3-7H2,1-2H3,(H,12,14). The molecule has 1 N–H and O–H groups in total. The molecule has 1 unspecified atom stereocenters. The summed E-state index contributed by atoms with van der Waals surface area (Å²) in [6.07, 6.45) is -0.499. The second-order valence-corrected chi connectivity index (χ2v) is 3.96. The van der Waals surface area contributed by atoms with Crippen LogP contribution in [0.2, 0.25) is 0 Å². The quantitative estimate of drug-likeness (QED) is 0.648. The second kappa shape index (κ2) is 6.95. The van der Waals surface area contributed by atoms with E-state index in [2.05, 4.69) is 10.1 Å². The largest absolute Gasteiger partial charge is 0.467 e. The van der Waals surface area contributed by atoms with Crippen LogP contribution in [0.1, 0.15) is 13.3 Å². The first-order valence-corrected chi connectivity index (χ1v) is 5.76. The van der Waals surface area contributed by atoms with E-state index in [9.17, 15) is 14.4 Å². The van der Waals surface area contributed by atoms with Crippen LogP contribution >= 0.6 is 0 Å². The fraction of sp³-hybridized carbons (Fsp3) is 0.727. The van der Waals surface area contributed by atoms with Crippen molar-refractivity contribution in [2.75, 3.05) is 33.4 Å². The van der Waals surface area contributed by atoms with Gasteiger partial charge in [-0.15, -0.1) is 0 Å². The molecule has 18 heavy (non-hydrogen) atoms. The van der Waals surface area contributed by atoms with E-state index < -0.39 is 12.1 Å². The van der Waals surface area contributed by atoms with E-state index >= 15 is 0 Å². The third-order valence-electron chi connectivity index (χ3n) is 2.60. The Morgan fingerprint density at radius 1 is 1.44 bits per heavy atom. The molecule has 1 aliphatic rings. The van der Waals surface area contributed by atoms with Crippen molar-refractivity contribution in [3.05, 3.63) is 0 Å². The van der Waals surface area contributed by atoms with Crippen molar-refractivity contribution >= 4 is 17.8 Å². The molecule has 2 amide bonds. The van der Waals surface area contributed by atoms with Crippen molar-refractivity contribution in [1.82, 2.24) is 10.2 Å². The average molecular weight is 258 g/mol. The van der Waals surface area contributed by atoms with Gasteiger partial charge in [0.05, 0.1) is 20.3 Å². The van der Waals surface area contributed by atoms with Crippen LogP contribution in [0.5, 0.6) is 0 Å². The first-order chi connectivity index (χ1) is 8.54. The monoisotopic (exact) mass is 258 g/mol. The molecule has 1 atom stereocenters. The molecule has 7 heteroatoms. The Balaban J connectivity index is 2.38. The van der Waals surface area contributed by atoms with Crippen molar-refractivity contribution in [2.45, 2.75) is 19.4 Å². The van der Waals surface area contributed by atoms with Gasteiger partial charge in [0.2, 0.25) is 11.8 Å². The molecule has 1 heterocycles. The number of nitrogens with zero attached hydrogens (tertiary/aromatic N) is 1. The molecule has 0 radical (unpaired) electrons. The predicted molar refractivity (Wildman–Crippen MR) is 61.6 cm³/mol. The van der Waals surface area contributed by atoms with Crippen molar-refractivity contribution in [3.63, 3.8) is 0 Å². The summed E-state index contributed by atoms with van der Waals surface area (Å²) < 4.78 is 9.79. The van der Waals surface area contributed by atoms with Gasteiger partial charge < -0.3 is 19.7 Å². The lowest BCUT2D eigenvalue weighted by molar-refractivity contribution is -0.162. The lowest BCUT2D eigenvalue weighted by atomic mass is 10.2. The number of methoxy groups -OCH3 is 1. The maximum absolute atomic E-state index is 11.8. The summed E-state index contributed by atoms with van der Waals surface area (Å²) in [5.74, 6) is -0.757. The highest BCUT2D eigenvalue weighted by Gasteiger charge is 2.29. The Labute approximate surface area is 105 Å². The molecular formula is C11H18N2O5. The van der Waals surface area contributed by atoms with Gasteiger partial charge in [-0.2, -0.15) is 0 Å². The molecule has 102 valence electrons. The summed E-state index contributed by atoms with van der Waals surface area (Å²) in [5.41, 5.74) is 0. The third kappa shape index (κ3) is 4.33. The minimum absolute atomic E-state index is 0.110. The lowest BCUT2D eigenvalue weighted by Crippen LogP contribution is -2.49. The van der Waals surface area contributed by atoms with E-state index in [1.165, 1.54) is 14.0 Å². The topological polar surface area (TPSA) is 84.9 Å². The molecule has 1 fully saturated rings. The van der Waals surface area contributed by atoms with E-state index in [1.807, 2.05) is 0 Å². The zero-order valence-corrected chi connectivity index (χ0v) is 10.6. The molecule has 0 aliphatic carbocycles. The van der Waals surface area contributed by atoms with Crippen molar-refractivity contribution in [1.29, 1.82) is 0 Å². The van der Waals surface area contributed by atoms with Crippen molar-refractivity contribution in [2.24, 2.45) is 0 Å². The highest BCUT2D eigenvalue weighted by Crippen LogP contribution is 2.08. The van der Waals surface area contributed by atoms with Gasteiger partial charge in [-0.25, -0.2) is 4.79 Å². The minimum atomic E-state index is -0.714. The maximum atomic E-state index is 11.8. The average Bonchev–Trinajstić information content (AvgIpc) is 2.37. The van der Waals surface area contributed by atoms with Gasteiger partial charge in [0, 0.05) is 26.4 Å². The van der Waals surface area contributed by atoms with E-state index in [-0.39, 0.29) is 24.8 Å². The fourth-order valence-electron chi connectivity index (χ4n) is 1.65. The number of carbonyl (C=O) groups excluding carboxylic acids is 3. The summed E-state index contributed by atoms with van der Waals surface area (Å²) >= 11 is 0. The van der Waals surface area contributed by atoms with Crippen LogP contribution in [0.4, 0.5) is 0 Å². The Bertz CT molecular complexity index is 331. The van der Waals surface area contributed by atoms with Crippen molar-refractivity contribution in [3.8, 4) is 0 Å². The van der Waals surface area contributed by atoms with Gasteiger partial charge in [-0.05, 0) is 0 Å². The summed E-state index contributed by atoms with van der Waals surface area (Å²) in [4.78, 5) is 35.3. The van der Waals surface area contributed by atoms with Crippen LogP contribution in [0, 0.1) is 0 Å². The van der Waals surface area contributed by atoms with E-state index in [4.69, 9.17) is 4.74 Å². The second-order valence-electron chi connectivity index (χ2n) is 3.96. The smallest absolute Gasteiger partial charge is 0.336 e. The number of hydrogen-bond acceptors (Lipinski definition) is 5. The maximum Gasteiger partial charge on any atom is 0.336 e. The van der Waals surface area contributed by atoms with Crippen molar-refractivity contribution < 1.29 is 23.9 Å². The number of nitrogens with one attached hydrogen (secondary N) is 1. The number of esters is 1. The van der Waals surface area contributed by atoms with E-state index in [1.54, 1.807) is 4.90 Å². The highest BCUT2D eigenvalue weighted by atomic mass is 16.6. The number of morpholine rings is 1. The van der Waals surface area contributed by atoms with Gasteiger partial charge >= 0.3 is 5.97 Å². The normalized spacial score (nSPS) is 19.2. The summed E-state index contributed by atoms with van der Waals surface area (Å²) in [7, 11) is 1.28. The SMILES string of the molecule is COC(=O)C1CN(C(=O)CCNC(C)=O)CCO1. The van der Waals surface area contributed by atoms with Crippen LogP contribution in [0.3, 0.4) is 0 Å². The summed E-state index contributed by atoms with van der Waals surface area (Å²) in [5, 5.41) is 2.55. The molecule has 0 aromatic heterocycles. The van der Waals surface area contributed by atoms with Gasteiger partial charge in [-0.3, -0.25) is 9.59 Å². The molecule has 0 aromatic rings. The molecule has 0 saturated carbocycles. The van der Waals surface area contributed by atoms with Crippen LogP contribution in [-0.2, 0) is 23.9 Å². The number of carbonyl (C=O) groups is 3. The number of ether oxygens (including phenoxy) is 2. The summed E-state index contributed by atoms with van der Waals surface area (Å²) in [6.45, 7) is 2.66. The van der Waals surface area contributed by atoms with E-state index in [0.29, 0.717) is 19.7 Å². The van der Waals surface area contributed by atoms with Gasteiger partial charge in [0.25, 0.3) is 0 Å². The highest BCUT2D eigenvalue weighted by molar-refractivity contribution is 5.80. The number of rotatable bonds is 4. The fourth-order valence-corrected chi connectivity index (χ4v) is 1.65. The Kier molecular flexibility index (Phi) is 5.57. The molecule has 7 nitrogen and oxygen atoms in total. The van der Waals surface area contributed by atoms with Crippen LogP contribution in [-0.4, -0.2) is 62.1 Å². The minimum Gasteiger partial charge on any atom is -0.467 e. The molecule has 1 aliphatic heterocycles. The molecule has 1 saturated heterocycles. The Morgan fingerprint density at radius 2 is 2.17 bits per heavy atom.